The Kier molecular flexibility index (Phi) is 3.36. The first kappa shape index (κ1) is 12.6. The summed E-state index contributed by atoms with van der Waals surface area (Å²) in [6.07, 6.45) is 0. The molecule has 2 nitrogen and oxygen atoms in total. The van der Waals surface area contributed by atoms with Gasteiger partial charge in [0.15, 0.2) is 11.6 Å². The number of hydrogen-bond acceptors (Lipinski definition) is 2. The van der Waals surface area contributed by atoms with Crippen LogP contribution in [0.15, 0.2) is 24.3 Å². The van der Waals surface area contributed by atoms with Gasteiger partial charge in [-0.05, 0) is 35.1 Å². The van der Waals surface area contributed by atoms with Crippen LogP contribution in [0.5, 0.6) is 11.5 Å². The maximum absolute atomic E-state index is 13.7. The molecule has 0 aromatic heterocycles. The molecule has 0 aliphatic heterocycles. The van der Waals surface area contributed by atoms with Crippen LogP contribution in [-0.2, 0) is 0 Å². The van der Waals surface area contributed by atoms with E-state index in [0.717, 1.165) is 5.56 Å². The fraction of sp³-hybridized carbons (Fsp3) is 0.286. The van der Waals surface area contributed by atoms with Gasteiger partial charge in [-0.1, -0.05) is 19.9 Å². The molecule has 4 heteroatoms. The summed E-state index contributed by atoms with van der Waals surface area (Å²) in [6, 6.07) is 5.81. The third kappa shape index (κ3) is 2.10. The first-order valence-corrected chi connectivity index (χ1v) is 5.68. The first-order valence-electron chi connectivity index (χ1n) is 5.68. The highest BCUT2D eigenvalue weighted by atomic mass is 19.1. The summed E-state index contributed by atoms with van der Waals surface area (Å²) in [5.41, 5.74) is 0.730. The van der Waals surface area contributed by atoms with E-state index < -0.39 is 12.7 Å². The van der Waals surface area contributed by atoms with Crippen LogP contribution < -0.4 is 4.74 Å². The summed E-state index contributed by atoms with van der Waals surface area (Å²) in [5, 5.41) is 10.8. The number of halogens is 2. The van der Waals surface area contributed by atoms with Crippen LogP contribution in [0.25, 0.3) is 10.8 Å². The lowest BCUT2D eigenvalue weighted by molar-refractivity contribution is 0.186. The van der Waals surface area contributed by atoms with Gasteiger partial charge in [-0.3, -0.25) is 0 Å². The topological polar surface area (TPSA) is 29.5 Å². The summed E-state index contributed by atoms with van der Waals surface area (Å²) < 4.78 is 30.8. The number of alkyl halides is 1. The second kappa shape index (κ2) is 4.80. The lowest BCUT2D eigenvalue weighted by Gasteiger charge is -2.15. The molecule has 0 amide bonds. The van der Waals surface area contributed by atoms with E-state index in [1.807, 2.05) is 13.8 Å². The van der Waals surface area contributed by atoms with Gasteiger partial charge in [0.25, 0.3) is 0 Å². The molecule has 18 heavy (non-hydrogen) atoms. The highest BCUT2D eigenvalue weighted by molar-refractivity contribution is 5.93. The van der Waals surface area contributed by atoms with Gasteiger partial charge in [-0.25, -0.2) is 8.78 Å². The molecule has 0 bridgehead atoms. The van der Waals surface area contributed by atoms with E-state index in [4.69, 9.17) is 4.74 Å². The second-order valence-corrected chi connectivity index (χ2v) is 4.42. The molecule has 1 N–H and O–H groups in total. The van der Waals surface area contributed by atoms with Crippen LogP contribution in [0.3, 0.4) is 0 Å². The van der Waals surface area contributed by atoms with Crippen molar-refractivity contribution in [1.82, 2.24) is 0 Å². The Hall–Kier alpha value is -1.84. The van der Waals surface area contributed by atoms with Gasteiger partial charge in [0.05, 0.1) is 0 Å². The van der Waals surface area contributed by atoms with Crippen molar-refractivity contribution in [3.05, 3.63) is 35.6 Å². The van der Waals surface area contributed by atoms with Crippen LogP contribution in [0.4, 0.5) is 8.78 Å². The average Bonchev–Trinajstić information content (AvgIpc) is 2.32. The largest absolute Gasteiger partial charge is 0.508 e. The van der Waals surface area contributed by atoms with Crippen molar-refractivity contribution in [2.45, 2.75) is 19.8 Å². The SMILES string of the molecule is CC(C)c1cc(O)cc2ccc(F)c(OCF)c12. The predicted molar refractivity (Wildman–Crippen MR) is 66.3 cm³/mol. The molecule has 0 saturated heterocycles. The standard InChI is InChI=1S/C14H14F2O2/c1-8(2)11-6-10(17)5-9-3-4-12(16)14(13(9)11)18-7-15/h3-6,8,17H,7H2,1-2H3. The Balaban J connectivity index is 2.84. The molecule has 0 saturated carbocycles. The Morgan fingerprint density at radius 1 is 1.28 bits per heavy atom. The number of phenols is 1. The fourth-order valence-corrected chi connectivity index (χ4v) is 2.07. The number of rotatable bonds is 3. The van der Waals surface area contributed by atoms with Crippen molar-refractivity contribution >= 4 is 10.8 Å². The van der Waals surface area contributed by atoms with Crippen molar-refractivity contribution in [1.29, 1.82) is 0 Å². The lowest BCUT2D eigenvalue weighted by atomic mass is 9.95. The van der Waals surface area contributed by atoms with Crippen LogP contribution in [-0.4, -0.2) is 12.0 Å². The summed E-state index contributed by atoms with van der Waals surface area (Å²) in [6.45, 7) is 2.74. The van der Waals surface area contributed by atoms with Crippen LogP contribution in [0.2, 0.25) is 0 Å². The normalized spacial score (nSPS) is 11.2. The van der Waals surface area contributed by atoms with E-state index in [2.05, 4.69) is 0 Å². The molecule has 0 aliphatic carbocycles. The number of aromatic hydroxyl groups is 1. The molecule has 0 unspecified atom stereocenters. The highest BCUT2D eigenvalue weighted by Crippen LogP contribution is 2.37. The summed E-state index contributed by atoms with van der Waals surface area (Å²) in [7, 11) is 0. The van der Waals surface area contributed by atoms with E-state index in [1.165, 1.54) is 12.1 Å². The molecular weight excluding hydrogens is 238 g/mol. The molecule has 0 radical (unpaired) electrons. The van der Waals surface area contributed by atoms with E-state index in [1.54, 1.807) is 12.1 Å². The minimum atomic E-state index is -1.09. The minimum Gasteiger partial charge on any atom is -0.508 e. The molecule has 0 aliphatic rings. The number of phenolic OH excluding ortho intramolecular Hbond substituents is 1. The van der Waals surface area contributed by atoms with Crippen LogP contribution in [0.1, 0.15) is 25.3 Å². The molecule has 0 heterocycles. The van der Waals surface area contributed by atoms with Gasteiger partial charge < -0.3 is 9.84 Å². The van der Waals surface area contributed by atoms with Gasteiger partial charge in [0, 0.05) is 5.39 Å². The zero-order chi connectivity index (χ0) is 13.3. The van der Waals surface area contributed by atoms with Gasteiger partial charge in [-0.2, -0.15) is 0 Å². The molecule has 96 valence electrons. The highest BCUT2D eigenvalue weighted by Gasteiger charge is 2.16. The third-order valence-corrected chi connectivity index (χ3v) is 2.86. The Morgan fingerprint density at radius 3 is 2.61 bits per heavy atom. The monoisotopic (exact) mass is 252 g/mol. The van der Waals surface area contributed by atoms with E-state index in [0.29, 0.717) is 10.8 Å². The fourth-order valence-electron chi connectivity index (χ4n) is 2.07. The van der Waals surface area contributed by atoms with E-state index >= 15 is 0 Å². The van der Waals surface area contributed by atoms with E-state index in [-0.39, 0.29) is 17.4 Å². The molecular formula is C14H14F2O2. The number of ether oxygens (including phenoxy) is 1. The van der Waals surface area contributed by atoms with Gasteiger partial charge in [0.1, 0.15) is 5.75 Å². The van der Waals surface area contributed by atoms with E-state index in [9.17, 15) is 13.9 Å². The van der Waals surface area contributed by atoms with Crippen molar-refractivity contribution in [3.8, 4) is 11.5 Å². The molecule has 2 aromatic carbocycles. The maximum atomic E-state index is 13.7. The molecule has 2 aromatic rings. The Morgan fingerprint density at radius 2 is 2.00 bits per heavy atom. The molecule has 2 rings (SSSR count). The second-order valence-electron chi connectivity index (χ2n) is 4.42. The van der Waals surface area contributed by atoms with Crippen molar-refractivity contribution in [3.63, 3.8) is 0 Å². The summed E-state index contributed by atoms with van der Waals surface area (Å²) >= 11 is 0. The van der Waals surface area contributed by atoms with Gasteiger partial charge in [0.2, 0.25) is 6.86 Å². The van der Waals surface area contributed by atoms with Crippen LogP contribution >= 0.6 is 0 Å². The summed E-state index contributed by atoms with van der Waals surface area (Å²) in [4.78, 5) is 0. The molecule has 0 spiro atoms. The minimum absolute atomic E-state index is 0.0587. The zero-order valence-corrected chi connectivity index (χ0v) is 10.2. The van der Waals surface area contributed by atoms with Gasteiger partial charge in [-0.15, -0.1) is 0 Å². The van der Waals surface area contributed by atoms with Crippen molar-refractivity contribution in [2.24, 2.45) is 0 Å². The number of hydrogen-bond donors (Lipinski definition) is 1. The molecule has 0 atom stereocenters. The van der Waals surface area contributed by atoms with Crippen molar-refractivity contribution in [2.75, 3.05) is 6.86 Å². The average molecular weight is 252 g/mol. The Labute approximate surface area is 104 Å². The van der Waals surface area contributed by atoms with Crippen molar-refractivity contribution < 1.29 is 18.6 Å². The third-order valence-electron chi connectivity index (χ3n) is 2.86. The predicted octanol–water partition coefficient (Wildman–Crippen LogP) is 4.11. The molecule has 0 fully saturated rings. The zero-order valence-electron chi connectivity index (χ0n) is 10.2. The Bertz CT molecular complexity index is 580. The van der Waals surface area contributed by atoms with Crippen LogP contribution in [0, 0.1) is 5.82 Å². The quantitative estimate of drug-likeness (QED) is 0.890. The first-order chi connectivity index (χ1) is 8.54. The number of fused-ring (bicyclic) bond motifs is 1. The van der Waals surface area contributed by atoms with Gasteiger partial charge >= 0.3 is 0 Å². The lowest BCUT2D eigenvalue weighted by Crippen LogP contribution is -1.98. The summed E-state index contributed by atoms with van der Waals surface area (Å²) in [5.74, 6) is -0.543. The smallest absolute Gasteiger partial charge is 0.228 e. The number of benzene rings is 2. The maximum Gasteiger partial charge on any atom is 0.228 e.